The van der Waals surface area contributed by atoms with Gasteiger partial charge >= 0.3 is 0 Å². The molecule has 0 saturated carbocycles. The fourth-order valence-corrected chi connectivity index (χ4v) is 2.64. The minimum atomic E-state index is 0.473. The molecule has 2 heteroatoms. The summed E-state index contributed by atoms with van der Waals surface area (Å²) in [5, 5.41) is 0. The van der Waals surface area contributed by atoms with Crippen LogP contribution in [-0.2, 0) is 10.7 Å². The van der Waals surface area contributed by atoms with E-state index in [1.807, 2.05) is 7.05 Å². The van der Waals surface area contributed by atoms with Crippen LogP contribution in [0.2, 0.25) is 0 Å². The van der Waals surface area contributed by atoms with Crippen LogP contribution in [0.25, 0.3) is 0 Å². The van der Waals surface area contributed by atoms with E-state index in [0.29, 0.717) is 10.7 Å². The molecule has 0 aromatic carbocycles. The molecule has 1 rings (SSSR count). The Morgan fingerprint density at radius 3 is 2.12 bits per heavy atom. The van der Waals surface area contributed by atoms with E-state index in [1.54, 1.807) is 0 Å². The van der Waals surface area contributed by atoms with Gasteiger partial charge in [0.1, 0.15) is 0 Å². The lowest BCUT2D eigenvalue weighted by atomic mass is 10.3. The summed E-state index contributed by atoms with van der Waals surface area (Å²) in [4.78, 5) is 0. The molecule has 0 aromatic rings. The van der Waals surface area contributed by atoms with Crippen molar-refractivity contribution in [3.8, 4) is 0 Å². The van der Waals surface area contributed by atoms with Crippen molar-refractivity contribution < 1.29 is 0 Å². The Kier molecular flexibility index (Phi) is 2.53. The van der Waals surface area contributed by atoms with Crippen molar-refractivity contribution in [1.29, 1.82) is 0 Å². The molecule has 8 heavy (non-hydrogen) atoms. The third-order valence-corrected chi connectivity index (χ3v) is 3.55. The molecule has 0 amide bonds. The quantitative estimate of drug-likeness (QED) is 0.473. The molecule has 0 radical (unpaired) electrons. The lowest BCUT2D eigenvalue weighted by Gasteiger charge is -2.11. The van der Waals surface area contributed by atoms with Gasteiger partial charge in [-0.25, -0.2) is 0 Å². The van der Waals surface area contributed by atoms with E-state index in [2.05, 4.69) is 4.36 Å². The number of hydrogen-bond acceptors (Lipinski definition) is 1. The topological polar surface area (TPSA) is 12.4 Å². The monoisotopic (exact) mass is 131 g/mol. The Morgan fingerprint density at radius 1 is 1.12 bits per heavy atom. The predicted octanol–water partition coefficient (Wildman–Crippen LogP) is 1.60. The van der Waals surface area contributed by atoms with Gasteiger partial charge in [0.2, 0.25) is 0 Å². The maximum atomic E-state index is 4.28. The average Bonchev–Trinajstić information content (AvgIpc) is 1.90. The van der Waals surface area contributed by atoms with Gasteiger partial charge in [0, 0.05) is 18.6 Å². The van der Waals surface area contributed by atoms with Crippen LogP contribution < -0.4 is 0 Å². The SMILES string of the molecule is CN=S1CCCCC1. The van der Waals surface area contributed by atoms with Gasteiger partial charge in [0.25, 0.3) is 0 Å². The zero-order valence-corrected chi connectivity index (χ0v) is 6.21. The second-order valence-electron chi connectivity index (χ2n) is 2.11. The molecule has 1 aliphatic rings. The molecule has 1 heterocycles. The molecule has 1 saturated heterocycles. The number of hydrogen-bond donors (Lipinski definition) is 0. The molecule has 1 aliphatic heterocycles. The van der Waals surface area contributed by atoms with Crippen molar-refractivity contribution in [3.63, 3.8) is 0 Å². The Bertz CT molecular complexity index is 90.7. The summed E-state index contributed by atoms with van der Waals surface area (Å²) in [5.74, 6) is 2.74. The average molecular weight is 131 g/mol. The summed E-state index contributed by atoms with van der Waals surface area (Å²) in [7, 11) is 2.43. The van der Waals surface area contributed by atoms with Crippen molar-refractivity contribution in [2.45, 2.75) is 19.3 Å². The largest absolute Gasteiger partial charge is 0.268 e. The minimum Gasteiger partial charge on any atom is -0.268 e. The van der Waals surface area contributed by atoms with E-state index in [1.165, 1.54) is 30.8 Å². The maximum absolute atomic E-state index is 4.28. The highest BCUT2D eigenvalue weighted by Gasteiger charge is 2.02. The van der Waals surface area contributed by atoms with Crippen LogP contribution in [0.4, 0.5) is 0 Å². The smallest absolute Gasteiger partial charge is 0.0346 e. The summed E-state index contributed by atoms with van der Waals surface area (Å²) in [6.07, 6.45) is 4.28. The molecule has 0 aliphatic carbocycles. The molecular formula is C6H13NS. The zero-order chi connectivity index (χ0) is 5.82. The van der Waals surface area contributed by atoms with E-state index in [4.69, 9.17) is 0 Å². The highest BCUT2D eigenvalue weighted by Crippen LogP contribution is 2.08. The second-order valence-corrected chi connectivity index (χ2v) is 4.22. The van der Waals surface area contributed by atoms with Crippen LogP contribution in [0.15, 0.2) is 4.36 Å². The van der Waals surface area contributed by atoms with Crippen molar-refractivity contribution in [2.24, 2.45) is 4.36 Å². The van der Waals surface area contributed by atoms with Gasteiger partial charge in [-0.05, 0) is 12.8 Å². The summed E-state index contributed by atoms with van der Waals surface area (Å²) in [6, 6.07) is 0. The molecule has 1 fully saturated rings. The van der Waals surface area contributed by atoms with Crippen molar-refractivity contribution in [3.05, 3.63) is 0 Å². The summed E-state index contributed by atoms with van der Waals surface area (Å²) in [6.45, 7) is 0. The molecular weight excluding hydrogens is 118 g/mol. The molecule has 0 atom stereocenters. The van der Waals surface area contributed by atoms with Crippen LogP contribution in [0.3, 0.4) is 0 Å². The normalized spacial score (nSPS) is 23.1. The van der Waals surface area contributed by atoms with E-state index < -0.39 is 0 Å². The first kappa shape index (κ1) is 6.27. The zero-order valence-electron chi connectivity index (χ0n) is 5.39. The van der Waals surface area contributed by atoms with Crippen LogP contribution in [0.1, 0.15) is 19.3 Å². The summed E-state index contributed by atoms with van der Waals surface area (Å²) >= 11 is 0. The first-order valence-corrected chi connectivity index (χ1v) is 4.73. The molecule has 0 spiro atoms. The highest BCUT2D eigenvalue weighted by atomic mass is 32.2. The molecule has 0 N–H and O–H groups in total. The molecule has 0 bridgehead atoms. The molecule has 0 aromatic heterocycles. The number of nitrogens with zero attached hydrogens (tertiary/aromatic N) is 1. The van der Waals surface area contributed by atoms with Crippen LogP contribution in [0, 0.1) is 0 Å². The standard InChI is InChI=1S/C6H13NS/c1-7-8-5-3-2-4-6-8/h2-6H2,1H3. The fourth-order valence-electron chi connectivity index (χ4n) is 0.999. The second kappa shape index (κ2) is 3.23. The van der Waals surface area contributed by atoms with Gasteiger partial charge in [-0.1, -0.05) is 6.42 Å². The van der Waals surface area contributed by atoms with Gasteiger partial charge in [-0.15, -0.1) is 10.7 Å². The lowest BCUT2D eigenvalue weighted by molar-refractivity contribution is 0.759. The van der Waals surface area contributed by atoms with Crippen molar-refractivity contribution >= 4 is 10.7 Å². The van der Waals surface area contributed by atoms with Gasteiger partial charge in [-0.3, -0.25) is 4.36 Å². The summed E-state index contributed by atoms with van der Waals surface area (Å²) in [5.41, 5.74) is 0. The Balaban J connectivity index is 2.33. The molecule has 48 valence electrons. The predicted molar refractivity (Wildman–Crippen MR) is 39.3 cm³/mol. The van der Waals surface area contributed by atoms with Gasteiger partial charge < -0.3 is 0 Å². The van der Waals surface area contributed by atoms with E-state index in [9.17, 15) is 0 Å². The van der Waals surface area contributed by atoms with Crippen LogP contribution >= 0.6 is 0 Å². The van der Waals surface area contributed by atoms with Crippen molar-refractivity contribution in [2.75, 3.05) is 18.6 Å². The summed E-state index contributed by atoms with van der Waals surface area (Å²) < 4.78 is 4.28. The highest BCUT2D eigenvalue weighted by molar-refractivity contribution is 7.87. The molecule has 0 unspecified atom stereocenters. The Hall–Kier alpha value is 0.150. The lowest BCUT2D eigenvalue weighted by Crippen LogP contribution is -2.08. The Labute approximate surface area is 53.6 Å². The first-order valence-electron chi connectivity index (χ1n) is 3.21. The molecule has 1 nitrogen and oxygen atoms in total. The van der Waals surface area contributed by atoms with Gasteiger partial charge in [-0.2, -0.15) is 0 Å². The van der Waals surface area contributed by atoms with Gasteiger partial charge in [0.15, 0.2) is 0 Å². The van der Waals surface area contributed by atoms with Crippen molar-refractivity contribution in [1.82, 2.24) is 0 Å². The first-order chi connectivity index (χ1) is 3.93. The maximum Gasteiger partial charge on any atom is 0.0346 e. The third-order valence-electron chi connectivity index (χ3n) is 1.52. The fraction of sp³-hybridized carbons (Fsp3) is 1.00. The third kappa shape index (κ3) is 1.58. The van der Waals surface area contributed by atoms with E-state index in [-0.39, 0.29) is 0 Å². The van der Waals surface area contributed by atoms with E-state index >= 15 is 0 Å². The van der Waals surface area contributed by atoms with Gasteiger partial charge in [0.05, 0.1) is 0 Å². The number of rotatable bonds is 0. The van der Waals surface area contributed by atoms with E-state index in [0.717, 1.165) is 0 Å². The minimum absolute atomic E-state index is 0.473. The Morgan fingerprint density at radius 2 is 1.75 bits per heavy atom. The van der Waals surface area contributed by atoms with Crippen LogP contribution in [0.5, 0.6) is 0 Å². The van der Waals surface area contributed by atoms with Crippen LogP contribution in [-0.4, -0.2) is 18.6 Å².